The maximum Gasteiger partial charge on any atom is 0.0237 e. The molecule has 1 nitrogen and oxygen atoms in total. The van der Waals surface area contributed by atoms with Gasteiger partial charge in [-0.3, -0.25) is 0 Å². The van der Waals surface area contributed by atoms with Crippen molar-refractivity contribution >= 4 is 0 Å². The Labute approximate surface area is 57.3 Å². The van der Waals surface area contributed by atoms with Gasteiger partial charge in [0.05, 0.1) is 0 Å². The second-order valence-electron chi connectivity index (χ2n) is 2.61. The van der Waals surface area contributed by atoms with Gasteiger partial charge in [-0.05, 0) is 18.4 Å². The fourth-order valence-electron chi connectivity index (χ4n) is 0.492. The average molecular weight is 125 g/mol. The number of hydrogen-bond acceptors (Lipinski definition) is 1. The molecule has 9 heavy (non-hydrogen) atoms. The zero-order chi connectivity index (χ0) is 7.28. The first-order chi connectivity index (χ1) is 4.13. The highest BCUT2D eigenvalue weighted by Gasteiger charge is 1.85. The van der Waals surface area contributed by atoms with Crippen LogP contribution in [0.3, 0.4) is 0 Å². The molecule has 0 bridgehead atoms. The van der Waals surface area contributed by atoms with E-state index in [1.54, 1.807) is 0 Å². The molecule has 0 amide bonds. The fraction of sp³-hybridized carbons (Fsp3) is 0.500. The van der Waals surface area contributed by atoms with E-state index in [0.29, 0.717) is 11.6 Å². The van der Waals surface area contributed by atoms with Gasteiger partial charge in [-0.2, -0.15) is 0 Å². The van der Waals surface area contributed by atoms with Gasteiger partial charge in [0.2, 0.25) is 0 Å². The van der Waals surface area contributed by atoms with E-state index < -0.39 is 0 Å². The van der Waals surface area contributed by atoms with Crippen LogP contribution in [0.25, 0.3) is 0 Å². The highest BCUT2D eigenvalue weighted by molar-refractivity contribution is 5.09. The number of hydrogen-bond donors (Lipinski definition) is 1. The summed E-state index contributed by atoms with van der Waals surface area (Å²) in [5, 5.41) is 0. The number of rotatable bonds is 3. The van der Waals surface area contributed by atoms with Crippen molar-refractivity contribution in [3.63, 3.8) is 0 Å². The largest absolute Gasteiger partial charge is 0.399 e. The molecular weight excluding hydrogens is 110 g/mol. The van der Waals surface area contributed by atoms with Crippen LogP contribution < -0.4 is 5.73 Å². The minimum atomic E-state index is 0.635. The van der Waals surface area contributed by atoms with Crippen LogP contribution in [0.5, 0.6) is 0 Å². The monoisotopic (exact) mass is 125 g/mol. The summed E-state index contributed by atoms with van der Waals surface area (Å²) in [4.78, 5) is 0. The second-order valence-corrected chi connectivity index (χ2v) is 2.61. The molecule has 2 N–H and O–H groups in total. The van der Waals surface area contributed by atoms with Gasteiger partial charge in [-0.15, -0.1) is 0 Å². The molecule has 0 unspecified atom stereocenters. The van der Waals surface area contributed by atoms with Gasteiger partial charge in [-0.25, -0.2) is 0 Å². The Bertz CT molecular complexity index is 112. The molecule has 0 radical (unpaired) electrons. The molecule has 0 aliphatic rings. The SMILES string of the molecule is C=C(N)/C=C\CC(C)C. The number of allylic oxidation sites excluding steroid dienone is 2. The predicted octanol–water partition coefficient (Wildman–Crippen LogP) is 2.06. The molecule has 0 aromatic carbocycles. The molecule has 0 saturated heterocycles. The summed E-state index contributed by atoms with van der Waals surface area (Å²) in [7, 11) is 0. The summed E-state index contributed by atoms with van der Waals surface area (Å²) in [5.41, 5.74) is 5.93. The molecule has 0 heterocycles. The van der Waals surface area contributed by atoms with Crippen LogP contribution in [0.2, 0.25) is 0 Å². The second kappa shape index (κ2) is 4.19. The van der Waals surface area contributed by atoms with Gasteiger partial charge in [0.1, 0.15) is 0 Å². The van der Waals surface area contributed by atoms with E-state index in [0.717, 1.165) is 6.42 Å². The topological polar surface area (TPSA) is 26.0 Å². The minimum absolute atomic E-state index is 0.635. The van der Waals surface area contributed by atoms with E-state index in [1.165, 1.54) is 0 Å². The van der Waals surface area contributed by atoms with E-state index in [4.69, 9.17) is 5.73 Å². The van der Waals surface area contributed by atoms with Gasteiger partial charge >= 0.3 is 0 Å². The van der Waals surface area contributed by atoms with Crippen LogP contribution in [-0.4, -0.2) is 0 Å². The maximum atomic E-state index is 5.30. The highest BCUT2D eigenvalue weighted by atomic mass is 14.5. The van der Waals surface area contributed by atoms with Gasteiger partial charge in [-0.1, -0.05) is 26.5 Å². The standard InChI is InChI=1S/C8H15N/c1-7(2)5-4-6-8(3)9/h4,6-7H,3,5,9H2,1-2H3/b6-4-. The minimum Gasteiger partial charge on any atom is -0.399 e. The van der Waals surface area contributed by atoms with Gasteiger partial charge in [0.25, 0.3) is 0 Å². The zero-order valence-corrected chi connectivity index (χ0v) is 6.22. The average Bonchev–Trinajstić information content (AvgIpc) is 1.63. The third-order valence-corrected chi connectivity index (χ3v) is 0.939. The van der Waals surface area contributed by atoms with Crippen molar-refractivity contribution in [1.29, 1.82) is 0 Å². The summed E-state index contributed by atoms with van der Waals surface area (Å²) in [5.74, 6) is 0.709. The molecule has 0 spiro atoms. The van der Waals surface area contributed by atoms with Gasteiger partial charge in [0.15, 0.2) is 0 Å². The van der Waals surface area contributed by atoms with Crippen molar-refractivity contribution in [1.82, 2.24) is 0 Å². The summed E-state index contributed by atoms with van der Waals surface area (Å²) in [6.07, 6.45) is 4.98. The summed E-state index contributed by atoms with van der Waals surface area (Å²) in [6, 6.07) is 0. The lowest BCUT2D eigenvalue weighted by atomic mass is 10.1. The Balaban J connectivity index is 3.36. The first-order valence-electron chi connectivity index (χ1n) is 3.24. The normalized spacial score (nSPS) is 11.0. The van der Waals surface area contributed by atoms with Gasteiger partial charge in [0, 0.05) is 5.70 Å². The van der Waals surface area contributed by atoms with Crippen LogP contribution >= 0.6 is 0 Å². The van der Waals surface area contributed by atoms with Crippen molar-refractivity contribution in [3.05, 3.63) is 24.4 Å². The third-order valence-electron chi connectivity index (χ3n) is 0.939. The van der Waals surface area contributed by atoms with E-state index in [2.05, 4.69) is 20.4 Å². The Morgan fingerprint density at radius 1 is 1.67 bits per heavy atom. The lowest BCUT2D eigenvalue weighted by Gasteiger charge is -1.95. The first kappa shape index (κ1) is 8.28. The highest BCUT2D eigenvalue weighted by Crippen LogP contribution is 1.99. The quantitative estimate of drug-likeness (QED) is 0.574. The van der Waals surface area contributed by atoms with Crippen LogP contribution in [-0.2, 0) is 0 Å². The van der Waals surface area contributed by atoms with E-state index in [-0.39, 0.29) is 0 Å². The first-order valence-corrected chi connectivity index (χ1v) is 3.24. The number of nitrogens with two attached hydrogens (primary N) is 1. The predicted molar refractivity (Wildman–Crippen MR) is 41.9 cm³/mol. The Hall–Kier alpha value is -0.720. The van der Waals surface area contributed by atoms with Crippen molar-refractivity contribution in [3.8, 4) is 0 Å². The third kappa shape index (κ3) is 7.28. The van der Waals surface area contributed by atoms with Crippen LogP contribution in [0, 0.1) is 5.92 Å². The lowest BCUT2D eigenvalue weighted by Crippen LogP contribution is -1.89. The Kier molecular flexibility index (Phi) is 3.85. The molecule has 0 saturated carbocycles. The lowest BCUT2D eigenvalue weighted by molar-refractivity contribution is 0.663. The molecule has 0 aliphatic heterocycles. The van der Waals surface area contributed by atoms with Crippen molar-refractivity contribution < 1.29 is 0 Å². The van der Waals surface area contributed by atoms with Crippen molar-refractivity contribution in [2.45, 2.75) is 20.3 Å². The van der Waals surface area contributed by atoms with Crippen molar-refractivity contribution in [2.24, 2.45) is 11.7 Å². The molecular formula is C8H15N. The van der Waals surface area contributed by atoms with Crippen LogP contribution in [0.4, 0.5) is 0 Å². The molecule has 0 fully saturated rings. The molecule has 0 aromatic heterocycles. The summed E-state index contributed by atoms with van der Waals surface area (Å²) >= 11 is 0. The molecule has 0 aliphatic carbocycles. The van der Waals surface area contributed by atoms with Crippen LogP contribution in [0.1, 0.15) is 20.3 Å². The Morgan fingerprint density at radius 3 is 2.56 bits per heavy atom. The van der Waals surface area contributed by atoms with E-state index >= 15 is 0 Å². The molecule has 52 valence electrons. The van der Waals surface area contributed by atoms with Crippen molar-refractivity contribution in [2.75, 3.05) is 0 Å². The smallest absolute Gasteiger partial charge is 0.0237 e. The zero-order valence-electron chi connectivity index (χ0n) is 6.22. The maximum absolute atomic E-state index is 5.30. The molecule has 0 atom stereocenters. The van der Waals surface area contributed by atoms with E-state index in [1.807, 2.05) is 12.2 Å². The Morgan fingerprint density at radius 2 is 2.22 bits per heavy atom. The molecule has 1 heteroatoms. The fourth-order valence-corrected chi connectivity index (χ4v) is 0.492. The summed E-state index contributed by atoms with van der Waals surface area (Å²) < 4.78 is 0. The van der Waals surface area contributed by atoms with Crippen LogP contribution in [0.15, 0.2) is 24.4 Å². The van der Waals surface area contributed by atoms with E-state index in [9.17, 15) is 0 Å². The van der Waals surface area contributed by atoms with Gasteiger partial charge < -0.3 is 5.73 Å². The molecule has 0 aromatic rings. The summed E-state index contributed by atoms with van der Waals surface area (Å²) in [6.45, 7) is 7.88. The molecule has 0 rings (SSSR count).